The molecule has 2 aromatic carbocycles. The Morgan fingerprint density at radius 3 is 2.39 bits per heavy atom. The smallest absolute Gasteiger partial charge is 0.405 e. The molecule has 0 fully saturated rings. The number of hydrogen-bond acceptors (Lipinski definition) is 6. The van der Waals surface area contributed by atoms with Gasteiger partial charge in [0.25, 0.3) is 5.91 Å². The highest BCUT2D eigenvalue weighted by Crippen LogP contribution is 2.34. The summed E-state index contributed by atoms with van der Waals surface area (Å²) >= 11 is 0. The van der Waals surface area contributed by atoms with Gasteiger partial charge in [0, 0.05) is 23.8 Å². The quantitative estimate of drug-likeness (QED) is 0.461. The van der Waals surface area contributed by atoms with Crippen molar-refractivity contribution in [3.8, 4) is 28.5 Å². The van der Waals surface area contributed by atoms with Crippen molar-refractivity contribution in [1.29, 1.82) is 0 Å². The van der Waals surface area contributed by atoms with Crippen LogP contribution in [0.15, 0.2) is 47.2 Å². The van der Waals surface area contributed by atoms with Crippen LogP contribution in [0, 0.1) is 6.92 Å². The molecule has 2 heterocycles. The first-order valence-electron chi connectivity index (χ1n) is 9.72. The fraction of sp³-hybridized carbons (Fsp3) is 0.227. The molecule has 33 heavy (non-hydrogen) atoms. The average Bonchev–Trinajstić information content (AvgIpc) is 3.41. The molecule has 0 aliphatic heterocycles. The predicted molar refractivity (Wildman–Crippen MR) is 113 cm³/mol. The summed E-state index contributed by atoms with van der Waals surface area (Å²) in [7, 11) is 2.63. The average molecular weight is 460 g/mol. The van der Waals surface area contributed by atoms with Crippen LogP contribution in [0.5, 0.6) is 11.5 Å². The molecular formula is C22H19F3N4O4. The number of nitrogens with zero attached hydrogens (tertiary/aromatic N) is 3. The van der Waals surface area contributed by atoms with Crippen molar-refractivity contribution >= 4 is 16.9 Å². The third-order valence-corrected chi connectivity index (χ3v) is 4.90. The number of carbonyl (C=O) groups is 1. The fourth-order valence-electron chi connectivity index (χ4n) is 3.40. The van der Waals surface area contributed by atoms with E-state index in [1.165, 1.54) is 26.4 Å². The normalized spacial score (nSPS) is 11.6. The maximum atomic E-state index is 12.5. The fourth-order valence-corrected chi connectivity index (χ4v) is 3.40. The molecule has 0 radical (unpaired) electrons. The number of amides is 1. The van der Waals surface area contributed by atoms with Crippen LogP contribution >= 0.6 is 0 Å². The molecule has 0 bridgehead atoms. The number of rotatable bonds is 6. The lowest BCUT2D eigenvalue weighted by molar-refractivity contribution is -0.123. The third kappa shape index (κ3) is 4.47. The number of halogens is 3. The summed E-state index contributed by atoms with van der Waals surface area (Å²) in [5.74, 6) is -0.240. The minimum atomic E-state index is -4.55. The molecule has 2 aromatic heterocycles. The molecule has 0 saturated heterocycles. The molecule has 11 heteroatoms. The Kier molecular flexibility index (Phi) is 5.71. The van der Waals surface area contributed by atoms with Gasteiger partial charge in [0.15, 0.2) is 5.76 Å². The summed E-state index contributed by atoms with van der Waals surface area (Å²) in [5, 5.41) is 5.73. The van der Waals surface area contributed by atoms with Crippen LogP contribution in [0.4, 0.5) is 13.2 Å². The molecule has 0 atom stereocenters. The Bertz CT molecular complexity index is 1300. The number of aryl methyl sites for hydroxylation is 1. The third-order valence-electron chi connectivity index (χ3n) is 4.90. The van der Waals surface area contributed by atoms with E-state index in [-0.39, 0.29) is 17.1 Å². The Hall–Kier alpha value is -4.02. The number of fused-ring (bicyclic) bond motifs is 1. The van der Waals surface area contributed by atoms with Crippen LogP contribution in [0.2, 0.25) is 0 Å². The zero-order valence-corrected chi connectivity index (χ0v) is 17.9. The number of benzene rings is 2. The van der Waals surface area contributed by atoms with E-state index >= 15 is 0 Å². The minimum Gasteiger partial charge on any atom is -0.496 e. The number of hydrogen-bond donors (Lipinski definition) is 1. The molecule has 172 valence electrons. The summed E-state index contributed by atoms with van der Waals surface area (Å²) in [5.41, 5.74) is 3.39. The van der Waals surface area contributed by atoms with Crippen LogP contribution in [0.3, 0.4) is 0 Å². The van der Waals surface area contributed by atoms with Gasteiger partial charge in [0.2, 0.25) is 0 Å². The number of methoxy groups -OCH3 is 2. The van der Waals surface area contributed by atoms with Crippen molar-refractivity contribution in [2.45, 2.75) is 13.1 Å². The molecule has 0 unspecified atom stereocenters. The van der Waals surface area contributed by atoms with Crippen LogP contribution in [-0.4, -0.2) is 47.6 Å². The summed E-state index contributed by atoms with van der Waals surface area (Å²) < 4.78 is 55.2. The second-order valence-electron chi connectivity index (χ2n) is 7.17. The van der Waals surface area contributed by atoms with Gasteiger partial charge in [-0.15, -0.1) is 0 Å². The Balaban J connectivity index is 1.74. The predicted octanol–water partition coefficient (Wildman–Crippen LogP) is 4.30. The van der Waals surface area contributed by atoms with Crippen LogP contribution in [0.25, 0.3) is 28.0 Å². The Labute approximate surface area is 185 Å². The zero-order valence-electron chi connectivity index (χ0n) is 17.9. The van der Waals surface area contributed by atoms with Gasteiger partial charge in [-0.05, 0) is 25.1 Å². The number of imidazole rings is 1. The van der Waals surface area contributed by atoms with Crippen LogP contribution in [0.1, 0.15) is 16.1 Å². The summed E-state index contributed by atoms with van der Waals surface area (Å²) in [6.45, 7) is 0.354. The van der Waals surface area contributed by atoms with Gasteiger partial charge in [-0.1, -0.05) is 5.16 Å². The van der Waals surface area contributed by atoms with Crippen LogP contribution in [-0.2, 0) is 0 Å². The van der Waals surface area contributed by atoms with Gasteiger partial charge in [-0.25, -0.2) is 4.98 Å². The maximum absolute atomic E-state index is 12.5. The number of nitrogens with one attached hydrogen (secondary N) is 1. The van der Waals surface area contributed by atoms with Gasteiger partial charge in [-0.2, -0.15) is 13.2 Å². The Morgan fingerprint density at radius 2 is 1.82 bits per heavy atom. The SMILES string of the molecule is COc1cc(-n2cnc3cc(-c4cc(C)no4)ccc32)cc(OC)c1C(=O)NCC(F)(F)F. The number of aromatic nitrogens is 3. The standard InChI is InChI=1S/C22H19F3N4O4/c1-12-6-17(33-28-12)13-4-5-16-15(7-13)27-11-29(16)14-8-18(31-2)20(19(9-14)32-3)21(30)26-10-22(23,24)25/h4-9,11H,10H2,1-3H3,(H,26,30). The van der Waals surface area contributed by atoms with E-state index in [1.54, 1.807) is 10.9 Å². The number of alkyl halides is 3. The zero-order chi connectivity index (χ0) is 23.8. The molecule has 0 aliphatic rings. The molecule has 4 rings (SSSR count). The van der Waals surface area contributed by atoms with E-state index < -0.39 is 18.6 Å². The van der Waals surface area contributed by atoms with E-state index in [1.807, 2.05) is 36.5 Å². The van der Waals surface area contributed by atoms with Crippen molar-refractivity contribution < 1.29 is 32.0 Å². The number of ether oxygens (including phenoxy) is 2. The van der Waals surface area contributed by atoms with E-state index in [9.17, 15) is 18.0 Å². The van der Waals surface area contributed by atoms with Crippen molar-refractivity contribution in [3.63, 3.8) is 0 Å². The highest BCUT2D eigenvalue weighted by atomic mass is 19.4. The monoisotopic (exact) mass is 460 g/mol. The molecule has 1 N–H and O–H groups in total. The van der Waals surface area contributed by atoms with Gasteiger partial charge in [0.1, 0.15) is 29.9 Å². The van der Waals surface area contributed by atoms with Crippen molar-refractivity contribution in [1.82, 2.24) is 20.0 Å². The van der Waals surface area contributed by atoms with Gasteiger partial charge >= 0.3 is 6.18 Å². The van der Waals surface area contributed by atoms with E-state index in [4.69, 9.17) is 14.0 Å². The topological polar surface area (TPSA) is 91.4 Å². The summed E-state index contributed by atoms with van der Waals surface area (Å²) in [4.78, 5) is 16.9. The van der Waals surface area contributed by atoms with Crippen molar-refractivity contribution in [3.05, 3.63) is 54.0 Å². The molecule has 0 saturated carbocycles. The second-order valence-corrected chi connectivity index (χ2v) is 7.17. The van der Waals surface area contributed by atoms with Crippen molar-refractivity contribution in [2.24, 2.45) is 0 Å². The first-order valence-corrected chi connectivity index (χ1v) is 9.72. The molecule has 1 amide bonds. The first kappa shape index (κ1) is 22.2. The van der Waals surface area contributed by atoms with E-state index in [0.717, 1.165) is 16.8 Å². The van der Waals surface area contributed by atoms with Gasteiger partial charge in [-0.3, -0.25) is 9.36 Å². The number of carbonyl (C=O) groups excluding carboxylic acids is 1. The summed E-state index contributed by atoms with van der Waals surface area (Å²) in [6, 6.07) is 10.4. The largest absolute Gasteiger partial charge is 0.496 e. The maximum Gasteiger partial charge on any atom is 0.405 e. The highest BCUT2D eigenvalue weighted by Gasteiger charge is 2.30. The minimum absolute atomic E-state index is 0.0552. The highest BCUT2D eigenvalue weighted by molar-refractivity contribution is 6.00. The van der Waals surface area contributed by atoms with E-state index in [0.29, 0.717) is 17.0 Å². The van der Waals surface area contributed by atoms with Crippen LogP contribution < -0.4 is 14.8 Å². The second kappa shape index (κ2) is 8.49. The molecule has 0 spiro atoms. The lowest BCUT2D eigenvalue weighted by atomic mass is 10.1. The van der Waals surface area contributed by atoms with Gasteiger partial charge in [0.05, 0.1) is 36.6 Å². The molecule has 4 aromatic rings. The lowest BCUT2D eigenvalue weighted by Gasteiger charge is -2.16. The Morgan fingerprint density at radius 1 is 1.12 bits per heavy atom. The lowest BCUT2D eigenvalue weighted by Crippen LogP contribution is -2.34. The van der Waals surface area contributed by atoms with E-state index in [2.05, 4.69) is 10.1 Å². The van der Waals surface area contributed by atoms with Crippen molar-refractivity contribution in [2.75, 3.05) is 20.8 Å². The summed E-state index contributed by atoms with van der Waals surface area (Å²) in [6.07, 6.45) is -2.97. The molecule has 0 aliphatic carbocycles. The molecular weight excluding hydrogens is 441 g/mol. The van der Waals surface area contributed by atoms with Gasteiger partial charge < -0.3 is 19.3 Å². The first-order chi connectivity index (χ1) is 15.7. The molecule has 8 nitrogen and oxygen atoms in total.